The van der Waals surface area contributed by atoms with Crippen LogP contribution in [0, 0.1) is 6.92 Å². The number of thiazole rings is 1. The van der Waals surface area contributed by atoms with Crippen LogP contribution < -0.4 is 11.1 Å². The summed E-state index contributed by atoms with van der Waals surface area (Å²) in [6.07, 6.45) is 5.92. The first-order valence-electron chi connectivity index (χ1n) is 5.60. The molecule has 1 aliphatic carbocycles. The van der Waals surface area contributed by atoms with Gasteiger partial charge in [0, 0.05) is 6.54 Å². The van der Waals surface area contributed by atoms with Gasteiger partial charge in [-0.25, -0.2) is 4.98 Å². The molecule has 0 saturated heterocycles. The highest BCUT2D eigenvalue weighted by molar-refractivity contribution is 7.13. The van der Waals surface area contributed by atoms with Crippen molar-refractivity contribution in [3.05, 3.63) is 16.1 Å². The van der Waals surface area contributed by atoms with Gasteiger partial charge >= 0.3 is 0 Å². The third-order valence-electron chi connectivity index (χ3n) is 3.18. The molecule has 1 amide bonds. The van der Waals surface area contributed by atoms with Crippen LogP contribution in [0.15, 0.2) is 6.20 Å². The Balaban J connectivity index is 2.06. The van der Waals surface area contributed by atoms with Crippen LogP contribution in [0.3, 0.4) is 0 Å². The van der Waals surface area contributed by atoms with Gasteiger partial charge in [-0.05, 0) is 19.8 Å². The summed E-state index contributed by atoms with van der Waals surface area (Å²) in [6, 6.07) is 0. The molecule has 0 spiro atoms. The molecule has 0 aromatic carbocycles. The van der Waals surface area contributed by atoms with E-state index in [2.05, 4.69) is 10.3 Å². The molecule has 0 unspecified atom stereocenters. The second kappa shape index (κ2) is 4.51. The van der Waals surface area contributed by atoms with Gasteiger partial charge in [-0.2, -0.15) is 0 Å². The molecular formula is C11H17N3OS. The summed E-state index contributed by atoms with van der Waals surface area (Å²) in [4.78, 5) is 16.7. The van der Waals surface area contributed by atoms with Crippen molar-refractivity contribution in [2.75, 3.05) is 6.54 Å². The molecule has 2 rings (SSSR count). The van der Waals surface area contributed by atoms with Gasteiger partial charge in [0.1, 0.15) is 4.88 Å². The lowest BCUT2D eigenvalue weighted by molar-refractivity contribution is 0.0907. The normalized spacial score (nSPS) is 18.6. The van der Waals surface area contributed by atoms with Crippen LogP contribution >= 0.6 is 11.3 Å². The summed E-state index contributed by atoms with van der Waals surface area (Å²) in [5, 5.41) is 3.99. The van der Waals surface area contributed by atoms with Crippen LogP contribution in [0.5, 0.6) is 0 Å². The first kappa shape index (κ1) is 11.5. The number of aromatic nitrogens is 1. The summed E-state index contributed by atoms with van der Waals surface area (Å²) in [7, 11) is 0. The molecule has 88 valence electrons. The number of hydrogen-bond acceptors (Lipinski definition) is 4. The Kier molecular flexibility index (Phi) is 3.25. The molecule has 0 radical (unpaired) electrons. The van der Waals surface area contributed by atoms with Crippen LogP contribution in [0.1, 0.15) is 40.4 Å². The van der Waals surface area contributed by atoms with E-state index >= 15 is 0 Å². The van der Waals surface area contributed by atoms with E-state index < -0.39 is 0 Å². The predicted molar refractivity (Wildman–Crippen MR) is 64.6 cm³/mol. The van der Waals surface area contributed by atoms with E-state index in [1.807, 2.05) is 6.92 Å². The fourth-order valence-corrected chi connectivity index (χ4v) is 2.87. The molecule has 0 bridgehead atoms. The maximum Gasteiger partial charge on any atom is 0.263 e. The molecule has 16 heavy (non-hydrogen) atoms. The highest BCUT2D eigenvalue weighted by Crippen LogP contribution is 2.29. The summed E-state index contributed by atoms with van der Waals surface area (Å²) in [6.45, 7) is 2.42. The lowest BCUT2D eigenvalue weighted by Gasteiger charge is -2.28. The maximum absolute atomic E-state index is 12.0. The minimum atomic E-state index is -0.172. The smallest absolute Gasteiger partial charge is 0.263 e. The number of aryl methyl sites for hydroxylation is 1. The van der Waals surface area contributed by atoms with Gasteiger partial charge < -0.3 is 11.1 Å². The van der Waals surface area contributed by atoms with E-state index in [1.165, 1.54) is 11.3 Å². The Labute approximate surface area is 99.3 Å². The minimum absolute atomic E-state index is 0.0297. The van der Waals surface area contributed by atoms with Gasteiger partial charge in [0.25, 0.3) is 5.91 Å². The van der Waals surface area contributed by atoms with Crippen molar-refractivity contribution in [3.63, 3.8) is 0 Å². The highest BCUT2D eigenvalue weighted by atomic mass is 32.1. The number of nitrogens with zero attached hydrogens (tertiary/aromatic N) is 1. The van der Waals surface area contributed by atoms with Crippen molar-refractivity contribution in [2.24, 2.45) is 5.73 Å². The number of hydrogen-bond donors (Lipinski definition) is 2. The molecule has 1 heterocycles. The lowest BCUT2D eigenvalue weighted by atomic mass is 9.98. The summed E-state index contributed by atoms with van der Waals surface area (Å²) >= 11 is 1.42. The SMILES string of the molecule is Cc1ncc(C(=O)NC2(CN)CCCC2)s1. The van der Waals surface area contributed by atoms with Crippen molar-refractivity contribution in [1.82, 2.24) is 10.3 Å². The second-order valence-electron chi connectivity index (χ2n) is 4.39. The van der Waals surface area contributed by atoms with Crippen molar-refractivity contribution < 1.29 is 4.79 Å². The quantitative estimate of drug-likeness (QED) is 0.839. The highest BCUT2D eigenvalue weighted by Gasteiger charge is 2.34. The van der Waals surface area contributed by atoms with Crippen LogP contribution in [0.25, 0.3) is 0 Å². The monoisotopic (exact) mass is 239 g/mol. The Bertz CT molecular complexity index is 382. The van der Waals surface area contributed by atoms with E-state index in [1.54, 1.807) is 6.20 Å². The van der Waals surface area contributed by atoms with Gasteiger partial charge in [0.15, 0.2) is 0 Å². The zero-order valence-electron chi connectivity index (χ0n) is 9.45. The van der Waals surface area contributed by atoms with Crippen LogP contribution in [-0.2, 0) is 0 Å². The zero-order chi connectivity index (χ0) is 11.6. The summed E-state index contributed by atoms with van der Waals surface area (Å²) in [5.41, 5.74) is 5.60. The van der Waals surface area contributed by atoms with Crippen molar-refractivity contribution in [1.29, 1.82) is 0 Å². The van der Waals surface area contributed by atoms with E-state index in [-0.39, 0.29) is 11.4 Å². The van der Waals surface area contributed by atoms with Crippen molar-refractivity contribution in [3.8, 4) is 0 Å². The molecular weight excluding hydrogens is 222 g/mol. The fourth-order valence-electron chi connectivity index (χ4n) is 2.20. The average Bonchev–Trinajstić information content (AvgIpc) is 2.88. The van der Waals surface area contributed by atoms with Crippen LogP contribution in [0.2, 0.25) is 0 Å². The molecule has 1 fully saturated rings. The number of nitrogens with two attached hydrogens (primary N) is 1. The summed E-state index contributed by atoms with van der Waals surface area (Å²) < 4.78 is 0. The largest absolute Gasteiger partial charge is 0.345 e. The molecule has 1 saturated carbocycles. The van der Waals surface area contributed by atoms with Crippen molar-refractivity contribution in [2.45, 2.75) is 38.1 Å². The number of amides is 1. The topological polar surface area (TPSA) is 68.0 Å². The molecule has 0 aliphatic heterocycles. The second-order valence-corrected chi connectivity index (χ2v) is 5.62. The average molecular weight is 239 g/mol. The Hall–Kier alpha value is -0.940. The Morgan fingerprint density at radius 2 is 2.31 bits per heavy atom. The predicted octanol–water partition coefficient (Wildman–Crippen LogP) is 1.45. The third-order valence-corrected chi connectivity index (χ3v) is 4.09. The van der Waals surface area contributed by atoms with Gasteiger partial charge in [-0.3, -0.25) is 4.79 Å². The number of carbonyl (C=O) groups excluding carboxylic acids is 1. The minimum Gasteiger partial charge on any atom is -0.345 e. The fraction of sp³-hybridized carbons (Fsp3) is 0.636. The van der Waals surface area contributed by atoms with Gasteiger partial charge in [0.2, 0.25) is 0 Å². The first-order chi connectivity index (χ1) is 7.65. The third kappa shape index (κ3) is 2.25. The molecule has 5 heteroatoms. The van der Waals surface area contributed by atoms with E-state index in [4.69, 9.17) is 5.73 Å². The number of nitrogens with one attached hydrogen (secondary N) is 1. The first-order valence-corrected chi connectivity index (χ1v) is 6.42. The molecule has 0 atom stereocenters. The van der Waals surface area contributed by atoms with Crippen LogP contribution in [-0.4, -0.2) is 23.0 Å². The molecule has 1 aromatic heterocycles. The molecule has 1 aliphatic rings. The van der Waals surface area contributed by atoms with Gasteiger partial charge in [-0.1, -0.05) is 12.8 Å². The molecule has 1 aromatic rings. The maximum atomic E-state index is 12.0. The number of rotatable bonds is 3. The lowest BCUT2D eigenvalue weighted by Crippen LogP contribution is -2.51. The summed E-state index contributed by atoms with van der Waals surface area (Å²) in [5.74, 6) is -0.0297. The van der Waals surface area contributed by atoms with E-state index in [0.29, 0.717) is 11.4 Å². The standard InChI is InChI=1S/C11H17N3OS/c1-8-13-6-9(16-8)10(15)14-11(7-12)4-2-3-5-11/h6H,2-5,7,12H2,1H3,(H,14,15). The Morgan fingerprint density at radius 1 is 1.62 bits per heavy atom. The van der Waals surface area contributed by atoms with Gasteiger partial charge in [-0.15, -0.1) is 11.3 Å². The Morgan fingerprint density at radius 3 is 2.81 bits per heavy atom. The molecule has 4 nitrogen and oxygen atoms in total. The van der Waals surface area contributed by atoms with E-state index in [0.717, 1.165) is 30.7 Å². The number of carbonyl (C=O) groups is 1. The van der Waals surface area contributed by atoms with E-state index in [9.17, 15) is 4.79 Å². The van der Waals surface area contributed by atoms with Crippen LogP contribution in [0.4, 0.5) is 0 Å². The zero-order valence-corrected chi connectivity index (χ0v) is 10.3. The van der Waals surface area contributed by atoms with Crippen molar-refractivity contribution >= 4 is 17.2 Å². The van der Waals surface area contributed by atoms with Gasteiger partial charge in [0.05, 0.1) is 16.7 Å². The molecule has 3 N–H and O–H groups in total.